The van der Waals surface area contributed by atoms with E-state index >= 15 is 0 Å². The van der Waals surface area contributed by atoms with Gasteiger partial charge in [-0.25, -0.2) is 14.9 Å². The predicted octanol–water partition coefficient (Wildman–Crippen LogP) is 4.97. The molecule has 4 heterocycles. The van der Waals surface area contributed by atoms with E-state index in [0.29, 0.717) is 38.4 Å². The highest BCUT2D eigenvalue weighted by Crippen LogP contribution is 2.39. The number of likely N-dealkylation sites (tertiary alicyclic amines) is 1. The fourth-order valence-corrected chi connectivity index (χ4v) is 7.37. The van der Waals surface area contributed by atoms with Gasteiger partial charge in [-0.1, -0.05) is 30.3 Å². The molecule has 2 N–H and O–H groups in total. The van der Waals surface area contributed by atoms with Crippen LogP contribution in [0.25, 0.3) is 33.4 Å². The van der Waals surface area contributed by atoms with E-state index in [1.807, 2.05) is 40.6 Å². The van der Waals surface area contributed by atoms with Crippen molar-refractivity contribution < 1.29 is 23.9 Å². The summed E-state index contributed by atoms with van der Waals surface area (Å²) in [6.45, 7) is 8.59. The first-order chi connectivity index (χ1) is 23.0. The molecule has 254 valence electrons. The summed E-state index contributed by atoms with van der Waals surface area (Å²) >= 11 is 1.54. The molecule has 13 nitrogen and oxygen atoms in total. The van der Waals surface area contributed by atoms with E-state index in [-0.39, 0.29) is 17.9 Å². The number of aromatic amines is 1. The maximum atomic E-state index is 14.4. The van der Waals surface area contributed by atoms with Crippen LogP contribution in [0.3, 0.4) is 0 Å². The van der Waals surface area contributed by atoms with Gasteiger partial charge in [0, 0.05) is 43.3 Å². The van der Waals surface area contributed by atoms with Crippen LogP contribution < -0.4 is 5.32 Å². The van der Waals surface area contributed by atoms with Gasteiger partial charge in [0.25, 0.3) is 0 Å². The predicted molar refractivity (Wildman–Crippen MR) is 181 cm³/mol. The van der Waals surface area contributed by atoms with Gasteiger partial charge in [-0.3, -0.25) is 14.5 Å². The number of aromatic nitrogens is 5. The molecular weight excluding hydrogens is 632 g/mol. The van der Waals surface area contributed by atoms with Gasteiger partial charge in [-0.05, 0) is 86.6 Å². The topological polar surface area (TPSA) is 156 Å². The fourth-order valence-electron chi connectivity index (χ4n) is 6.40. The summed E-state index contributed by atoms with van der Waals surface area (Å²) in [4.78, 5) is 48.9. The average molecular weight is 675 g/mol. The Bertz CT molecular complexity index is 1760. The van der Waals surface area contributed by atoms with Crippen molar-refractivity contribution in [1.29, 1.82) is 0 Å². The molecule has 4 aromatic rings. The molecule has 2 aromatic heterocycles. The van der Waals surface area contributed by atoms with E-state index in [2.05, 4.69) is 32.0 Å². The highest BCUT2D eigenvalue weighted by molar-refractivity contribution is 7.10. The summed E-state index contributed by atoms with van der Waals surface area (Å²) in [6, 6.07) is 10.3. The van der Waals surface area contributed by atoms with Gasteiger partial charge in [-0.2, -0.15) is 0 Å². The number of thiazole rings is 1. The number of likely N-dealkylation sites (N-methyl/N-ethyl adjacent to an activating group) is 1. The number of hydrogen-bond donors (Lipinski definition) is 2. The molecule has 2 saturated heterocycles. The number of benzene rings is 2. The van der Waals surface area contributed by atoms with Crippen LogP contribution in [-0.4, -0.2) is 97.8 Å². The summed E-state index contributed by atoms with van der Waals surface area (Å²) in [5.41, 5.74) is 2.01. The van der Waals surface area contributed by atoms with Crippen LogP contribution in [0.1, 0.15) is 64.4 Å². The molecule has 0 bridgehead atoms. The van der Waals surface area contributed by atoms with E-state index in [1.54, 1.807) is 39.0 Å². The van der Waals surface area contributed by atoms with Crippen LogP contribution in [0.5, 0.6) is 0 Å². The van der Waals surface area contributed by atoms with Crippen molar-refractivity contribution in [3.63, 3.8) is 0 Å². The molecule has 0 radical (unpaired) electrons. The summed E-state index contributed by atoms with van der Waals surface area (Å²) in [6.07, 6.45) is 2.32. The first kappa shape index (κ1) is 33.5. The van der Waals surface area contributed by atoms with E-state index in [9.17, 15) is 14.4 Å². The number of fused-ring (bicyclic) bond motifs is 1. The van der Waals surface area contributed by atoms with Crippen LogP contribution in [0.15, 0.2) is 41.8 Å². The van der Waals surface area contributed by atoms with Crippen LogP contribution in [-0.2, 0) is 19.1 Å². The second kappa shape index (κ2) is 14.0. The highest BCUT2D eigenvalue weighted by Gasteiger charge is 2.41. The van der Waals surface area contributed by atoms with Gasteiger partial charge in [-0.15, -0.1) is 16.4 Å². The first-order valence-corrected chi connectivity index (χ1v) is 17.3. The van der Waals surface area contributed by atoms with E-state index in [0.717, 1.165) is 45.4 Å². The lowest BCUT2D eigenvalue weighted by Crippen LogP contribution is -2.57. The van der Waals surface area contributed by atoms with Gasteiger partial charge in [0.15, 0.2) is 5.82 Å². The van der Waals surface area contributed by atoms with Crippen molar-refractivity contribution in [3.8, 4) is 22.6 Å². The molecule has 2 aliphatic heterocycles. The minimum atomic E-state index is -0.840. The summed E-state index contributed by atoms with van der Waals surface area (Å²) in [5, 5.41) is 22.4. The SMILES string of the molecule is C[C@@H](C(=O)N[C@H](C(=O)N1CCC[C@H]1c1nc(-c2ccc(-c3nnn[nH]3)c3ccccc23)cs1)C1CCOCC1)N(C)C(=O)OC(C)(C)C. The molecule has 2 aromatic carbocycles. The number of carbonyl (C=O) groups excluding carboxylic acids is 3. The Labute approximate surface area is 283 Å². The molecule has 2 fully saturated rings. The molecular formula is C34H42N8O5S. The average Bonchev–Trinajstić information content (AvgIpc) is 3.88. The third kappa shape index (κ3) is 7.04. The quantitative estimate of drug-likeness (QED) is 0.263. The third-order valence-corrected chi connectivity index (χ3v) is 10.0. The number of hydrogen-bond acceptors (Lipinski definition) is 10. The van der Waals surface area contributed by atoms with Crippen molar-refractivity contribution >= 4 is 40.0 Å². The molecule has 2 aliphatic rings. The van der Waals surface area contributed by atoms with Gasteiger partial charge in [0.1, 0.15) is 22.7 Å². The molecule has 3 amide bonds. The summed E-state index contributed by atoms with van der Waals surface area (Å²) in [5.74, 6) is -0.0327. The molecule has 0 aliphatic carbocycles. The van der Waals surface area contributed by atoms with Crippen molar-refractivity contribution in [1.82, 2.24) is 40.7 Å². The second-order valence-electron chi connectivity index (χ2n) is 13.4. The normalized spacial score (nSPS) is 18.4. The second-order valence-corrected chi connectivity index (χ2v) is 14.3. The number of carbonyl (C=O) groups is 3. The number of nitrogens with one attached hydrogen (secondary N) is 2. The lowest BCUT2D eigenvalue weighted by molar-refractivity contribution is -0.141. The van der Waals surface area contributed by atoms with E-state index in [1.165, 1.54) is 11.9 Å². The molecule has 3 atom stereocenters. The maximum Gasteiger partial charge on any atom is 0.410 e. The Morgan fingerprint density at radius 3 is 2.48 bits per heavy atom. The van der Waals surface area contributed by atoms with Crippen LogP contribution in [0.2, 0.25) is 0 Å². The number of H-pyrrole nitrogens is 1. The number of rotatable bonds is 8. The molecule has 0 unspecified atom stereocenters. The number of nitrogens with zero attached hydrogens (tertiary/aromatic N) is 6. The summed E-state index contributed by atoms with van der Waals surface area (Å²) in [7, 11) is 1.53. The lowest BCUT2D eigenvalue weighted by Gasteiger charge is -2.36. The molecule has 14 heteroatoms. The van der Waals surface area contributed by atoms with Crippen molar-refractivity contribution in [2.75, 3.05) is 26.8 Å². The number of ether oxygens (including phenoxy) is 2. The van der Waals surface area contributed by atoms with Crippen molar-refractivity contribution in [2.24, 2.45) is 5.92 Å². The zero-order valence-electron chi connectivity index (χ0n) is 27.9. The van der Waals surface area contributed by atoms with Crippen LogP contribution >= 0.6 is 11.3 Å². The third-order valence-electron chi connectivity index (χ3n) is 9.09. The maximum absolute atomic E-state index is 14.4. The monoisotopic (exact) mass is 674 g/mol. The van der Waals surface area contributed by atoms with Crippen LogP contribution in [0.4, 0.5) is 4.79 Å². The molecule has 0 spiro atoms. The van der Waals surface area contributed by atoms with Gasteiger partial charge >= 0.3 is 6.09 Å². The Morgan fingerprint density at radius 2 is 1.79 bits per heavy atom. The van der Waals surface area contributed by atoms with Crippen molar-refractivity contribution in [2.45, 2.75) is 77.1 Å². The molecule has 48 heavy (non-hydrogen) atoms. The van der Waals surface area contributed by atoms with E-state index in [4.69, 9.17) is 14.5 Å². The zero-order chi connectivity index (χ0) is 34.0. The Hall–Kier alpha value is -4.43. The van der Waals surface area contributed by atoms with E-state index < -0.39 is 29.7 Å². The highest BCUT2D eigenvalue weighted by atomic mass is 32.1. The van der Waals surface area contributed by atoms with Gasteiger partial charge in [0.05, 0.1) is 11.7 Å². The minimum absolute atomic E-state index is 0.0909. The number of tetrazole rings is 1. The molecule has 6 rings (SSSR count). The van der Waals surface area contributed by atoms with Gasteiger partial charge in [0.2, 0.25) is 11.8 Å². The summed E-state index contributed by atoms with van der Waals surface area (Å²) < 4.78 is 11.1. The largest absolute Gasteiger partial charge is 0.444 e. The van der Waals surface area contributed by atoms with Gasteiger partial charge < -0.3 is 19.7 Å². The smallest absolute Gasteiger partial charge is 0.410 e. The minimum Gasteiger partial charge on any atom is -0.444 e. The first-order valence-electron chi connectivity index (χ1n) is 16.4. The van der Waals surface area contributed by atoms with Crippen LogP contribution in [0, 0.1) is 5.92 Å². The standard InChI is InChI=1S/C34H42N8O5S/c1-20(41(5)33(45)47-34(2,3)4)30(43)36-28(21-14-17-46-18-15-21)32(44)42-16-8-11-27(42)31-35-26(19-48-31)24-12-13-25(29-37-39-40-38-29)23-10-7-6-9-22(23)24/h6-7,9-10,12-13,19-21,27-28H,8,11,14-18H2,1-5H3,(H,36,43)(H,37,38,39,40)/t20-,27-,28-/m0/s1. The Balaban J connectivity index is 1.23. The zero-order valence-corrected chi connectivity index (χ0v) is 28.7. The Kier molecular flexibility index (Phi) is 9.74. The lowest BCUT2D eigenvalue weighted by atomic mass is 9.90. The fraction of sp³-hybridized carbons (Fsp3) is 0.500. The number of amides is 3. The Morgan fingerprint density at radius 1 is 1.08 bits per heavy atom. The van der Waals surface area contributed by atoms with Crippen molar-refractivity contribution in [3.05, 3.63) is 46.8 Å². The molecule has 0 saturated carbocycles.